The van der Waals surface area contributed by atoms with E-state index in [9.17, 15) is 0 Å². The number of rotatable bonds is 3. The molecule has 1 saturated carbocycles. The molecule has 1 unspecified atom stereocenters. The Hall–Kier alpha value is -0.640. The molecule has 4 heteroatoms. The van der Waals surface area contributed by atoms with Gasteiger partial charge in [-0.3, -0.25) is 0 Å². The van der Waals surface area contributed by atoms with Crippen molar-refractivity contribution in [3.8, 4) is 0 Å². The van der Waals surface area contributed by atoms with Crippen molar-refractivity contribution < 1.29 is 9.40 Å². The Kier molecular flexibility index (Phi) is 3.01. The summed E-state index contributed by atoms with van der Waals surface area (Å²) >= 11 is 4.34. The predicted octanol–water partition coefficient (Wildman–Crippen LogP) is 1.60. The molecule has 0 amide bonds. The van der Waals surface area contributed by atoms with Crippen LogP contribution in [0.25, 0.3) is 0 Å². The summed E-state index contributed by atoms with van der Waals surface area (Å²) in [7, 11) is 0. The van der Waals surface area contributed by atoms with Crippen LogP contribution >= 0.6 is 12.6 Å². The Balaban J connectivity index is 1.95. The molecule has 1 aromatic heterocycles. The van der Waals surface area contributed by atoms with Crippen molar-refractivity contribution in [2.24, 2.45) is 0 Å². The van der Waals surface area contributed by atoms with Gasteiger partial charge in [0, 0.05) is 0 Å². The second-order valence-electron chi connectivity index (χ2n) is 3.86. The standard InChI is InChI=1S/C10H16N2OS/c1-9(14)11-6-7-12(8-11)13-10-4-2-3-5-10/h6-10H,2-5H2,1H3/p+1. The largest absolute Gasteiger partial charge is 0.333 e. The van der Waals surface area contributed by atoms with Crippen molar-refractivity contribution in [3.05, 3.63) is 18.7 Å². The van der Waals surface area contributed by atoms with Gasteiger partial charge >= 0.3 is 0 Å². The molecule has 0 aromatic carbocycles. The van der Waals surface area contributed by atoms with E-state index in [1.807, 2.05) is 30.2 Å². The fraction of sp³-hybridized carbons (Fsp3) is 0.700. The second-order valence-corrected chi connectivity index (χ2v) is 4.61. The third-order valence-corrected chi connectivity index (χ3v) is 2.90. The van der Waals surface area contributed by atoms with E-state index in [1.54, 1.807) is 4.73 Å². The molecular formula is C10H17N2OS+. The topological polar surface area (TPSA) is 18.0 Å². The molecule has 0 N–H and O–H groups in total. The van der Waals surface area contributed by atoms with Crippen LogP contribution in [0.3, 0.4) is 0 Å². The quantitative estimate of drug-likeness (QED) is 0.596. The molecule has 78 valence electrons. The highest BCUT2D eigenvalue weighted by Crippen LogP contribution is 2.18. The van der Waals surface area contributed by atoms with Crippen molar-refractivity contribution >= 4 is 12.6 Å². The van der Waals surface area contributed by atoms with Crippen LogP contribution in [0.2, 0.25) is 0 Å². The molecule has 14 heavy (non-hydrogen) atoms. The highest BCUT2D eigenvalue weighted by Gasteiger charge is 2.19. The zero-order chi connectivity index (χ0) is 9.97. The average Bonchev–Trinajstić information content (AvgIpc) is 2.75. The minimum absolute atomic E-state index is 0.198. The van der Waals surface area contributed by atoms with Gasteiger partial charge in [-0.2, -0.15) is 0 Å². The first-order valence-electron chi connectivity index (χ1n) is 5.19. The number of thiol groups is 1. The fourth-order valence-corrected chi connectivity index (χ4v) is 1.94. The molecule has 3 nitrogen and oxygen atoms in total. The molecular weight excluding hydrogens is 196 g/mol. The van der Waals surface area contributed by atoms with E-state index in [4.69, 9.17) is 4.84 Å². The SMILES string of the molecule is CC(S)[n+]1ccn(OC2CCCC2)c1. The van der Waals surface area contributed by atoms with Gasteiger partial charge in [-0.05, 0) is 32.6 Å². The van der Waals surface area contributed by atoms with Gasteiger partial charge in [0.2, 0.25) is 0 Å². The van der Waals surface area contributed by atoms with Gasteiger partial charge in [0.15, 0.2) is 6.20 Å². The first-order chi connectivity index (χ1) is 6.75. The van der Waals surface area contributed by atoms with Gasteiger partial charge in [0.05, 0.1) is 0 Å². The highest BCUT2D eigenvalue weighted by atomic mass is 32.1. The Morgan fingerprint density at radius 3 is 2.79 bits per heavy atom. The molecule has 0 radical (unpaired) electrons. The van der Waals surface area contributed by atoms with Gasteiger partial charge < -0.3 is 4.84 Å². The van der Waals surface area contributed by atoms with Gasteiger partial charge in [0.25, 0.3) is 6.33 Å². The van der Waals surface area contributed by atoms with Crippen LogP contribution in [-0.4, -0.2) is 10.8 Å². The van der Waals surface area contributed by atoms with Gasteiger partial charge in [0.1, 0.15) is 17.7 Å². The van der Waals surface area contributed by atoms with Crippen LogP contribution in [0, 0.1) is 0 Å². The number of imidazole rings is 1. The van der Waals surface area contributed by atoms with Crippen LogP contribution in [0.15, 0.2) is 18.7 Å². The molecule has 1 fully saturated rings. The normalized spacial score (nSPS) is 19.9. The molecule has 0 saturated heterocycles. The Morgan fingerprint density at radius 1 is 1.50 bits per heavy atom. The van der Waals surface area contributed by atoms with Gasteiger partial charge in [-0.15, -0.1) is 12.6 Å². The molecule has 2 rings (SSSR count). The summed E-state index contributed by atoms with van der Waals surface area (Å²) in [5.41, 5.74) is 0. The predicted molar refractivity (Wildman–Crippen MR) is 57.2 cm³/mol. The fourth-order valence-electron chi connectivity index (χ4n) is 1.80. The lowest BCUT2D eigenvalue weighted by atomic mass is 10.3. The van der Waals surface area contributed by atoms with E-state index in [-0.39, 0.29) is 5.37 Å². The van der Waals surface area contributed by atoms with Crippen molar-refractivity contribution in [3.63, 3.8) is 0 Å². The maximum atomic E-state index is 5.77. The maximum Gasteiger partial charge on any atom is 0.285 e. The molecule has 1 atom stereocenters. The second kappa shape index (κ2) is 4.26. The molecule has 1 aliphatic carbocycles. The van der Waals surface area contributed by atoms with E-state index < -0.39 is 0 Å². The first kappa shape index (κ1) is 9.90. The van der Waals surface area contributed by atoms with Crippen LogP contribution in [-0.2, 0) is 0 Å². The van der Waals surface area contributed by atoms with Crippen molar-refractivity contribution in [1.29, 1.82) is 0 Å². The lowest BCUT2D eigenvalue weighted by molar-refractivity contribution is -0.696. The third kappa shape index (κ3) is 2.23. The number of hydrogen-bond donors (Lipinski definition) is 1. The summed E-state index contributed by atoms with van der Waals surface area (Å²) in [6.07, 6.45) is 11.2. The first-order valence-corrected chi connectivity index (χ1v) is 5.71. The third-order valence-electron chi connectivity index (χ3n) is 2.64. The van der Waals surface area contributed by atoms with Crippen LogP contribution in [0.1, 0.15) is 38.0 Å². The van der Waals surface area contributed by atoms with Crippen molar-refractivity contribution in [1.82, 2.24) is 4.73 Å². The lowest BCUT2D eigenvalue weighted by Crippen LogP contribution is -2.33. The van der Waals surface area contributed by atoms with E-state index in [0.717, 1.165) is 0 Å². The Morgan fingerprint density at radius 2 is 2.21 bits per heavy atom. The van der Waals surface area contributed by atoms with E-state index >= 15 is 0 Å². The van der Waals surface area contributed by atoms with Crippen LogP contribution in [0.5, 0.6) is 0 Å². The molecule has 1 heterocycles. The number of hydrogen-bond acceptors (Lipinski definition) is 2. The summed E-state index contributed by atoms with van der Waals surface area (Å²) < 4.78 is 3.81. The lowest BCUT2D eigenvalue weighted by Gasteiger charge is -2.06. The Bertz CT molecular complexity index is 292. The summed E-state index contributed by atoms with van der Waals surface area (Å²) in [4.78, 5) is 5.77. The van der Waals surface area contributed by atoms with E-state index in [0.29, 0.717) is 6.10 Å². The maximum absolute atomic E-state index is 5.77. The summed E-state index contributed by atoms with van der Waals surface area (Å²) in [5.74, 6) is 0. The average molecular weight is 213 g/mol. The molecule has 1 aromatic rings. The number of nitrogens with zero attached hydrogens (tertiary/aromatic N) is 2. The molecule has 0 aliphatic heterocycles. The van der Waals surface area contributed by atoms with Crippen molar-refractivity contribution in [2.75, 3.05) is 0 Å². The number of aromatic nitrogens is 2. The highest BCUT2D eigenvalue weighted by molar-refractivity contribution is 7.80. The Labute approximate surface area is 90.1 Å². The summed E-state index contributed by atoms with van der Waals surface area (Å²) in [5, 5.41) is 0.198. The van der Waals surface area contributed by atoms with Gasteiger partial charge in [-0.1, -0.05) is 4.73 Å². The smallest absolute Gasteiger partial charge is 0.285 e. The summed E-state index contributed by atoms with van der Waals surface area (Å²) in [6, 6.07) is 0. The van der Waals surface area contributed by atoms with Crippen molar-refractivity contribution in [2.45, 2.75) is 44.1 Å². The van der Waals surface area contributed by atoms with Gasteiger partial charge in [-0.25, -0.2) is 4.57 Å². The minimum Gasteiger partial charge on any atom is -0.333 e. The zero-order valence-corrected chi connectivity index (χ0v) is 9.36. The molecule has 0 spiro atoms. The van der Waals surface area contributed by atoms with Crippen LogP contribution in [0.4, 0.5) is 0 Å². The summed E-state index contributed by atoms with van der Waals surface area (Å²) in [6.45, 7) is 2.03. The van der Waals surface area contributed by atoms with Crippen LogP contribution < -0.4 is 9.40 Å². The monoisotopic (exact) mass is 213 g/mol. The zero-order valence-electron chi connectivity index (χ0n) is 8.47. The van der Waals surface area contributed by atoms with E-state index in [1.165, 1.54) is 25.7 Å². The molecule has 1 aliphatic rings. The van der Waals surface area contributed by atoms with E-state index in [2.05, 4.69) is 12.6 Å². The minimum atomic E-state index is 0.198. The molecule has 0 bridgehead atoms.